The normalized spacial score (nSPS) is 20.0. The fraction of sp³-hybridized carbons (Fsp3) is 0.304. The molecule has 144 valence electrons. The molecule has 0 aliphatic carbocycles. The van der Waals surface area contributed by atoms with E-state index in [4.69, 9.17) is 4.99 Å². The average Bonchev–Trinajstić information content (AvgIpc) is 3.27. The molecule has 1 amide bonds. The maximum atomic E-state index is 12.7. The van der Waals surface area contributed by atoms with E-state index in [1.807, 2.05) is 18.2 Å². The third-order valence-electron chi connectivity index (χ3n) is 5.10. The summed E-state index contributed by atoms with van der Waals surface area (Å²) in [6.07, 6.45) is 4.50. The lowest BCUT2D eigenvalue weighted by atomic mass is 10.1. The van der Waals surface area contributed by atoms with Gasteiger partial charge < -0.3 is 4.90 Å². The first kappa shape index (κ1) is 18.8. The standard InChI is InChI=1S/C23H25N3OS/c1-16-12-17(2)14-19(13-16)24-23-25(3)22(27)21(28-23)15-18-6-8-20(9-7-18)26-10-4-5-11-26/h6-9,12-15H,4-5,10-11H2,1-3H3/b21-15-,24-23?. The van der Waals surface area contributed by atoms with E-state index in [0.29, 0.717) is 4.91 Å². The van der Waals surface area contributed by atoms with Crippen molar-refractivity contribution in [2.24, 2.45) is 4.99 Å². The first-order chi connectivity index (χ1) is 13.5. The van der Waals surface area contributed by atoms with Gasteiger partial charge in [-0.05, 0) is 85.5 Å². The first-order valence-corrected chi connectivity index (χ1v) is 10.5. The molecule has 4 rings (SSSR count). The molecule has 0 saturated carbocycles. The Morgan fingerprint density at radius 2 is 1.64 bits per heavy atom. The van der Waals surface area contributed by atoms with Gasteiger partial charge in [-0.15, -0.1) is 0 Å². The minimum atomic E-state index is -0.00301. The second kappa shape index (κ2) is 7.84. The Kier molecular flexibility index (Phi) is 5.27. The number of benzene rings is 2. The van der Waals surface area contributed by atoms with Gasteiger partial charge in [0, 0.05) is 25.8 Å². The molecular formula is C23H25N3OS. The van der Waals surface area contributed by atoms with Gasteiger partial charge in [0.1, 0.15) is 0 Å². The van der Waals surface area contributed by atoms with Crippen LogP contribution in [-0.2, 0) is 4.79 Å². The van der Waals surface area contributed by atoms with Crippen molar-refractivity contribution in [1.82, 2.24) is 4.90 Å². The number of aryl methyl sites for hydroxylation is 2. The van der Waals surface area contributed by atoms with Crippen LogP contribution in [0.3, 0.4) is 0 Å². The molecule has 2 fully saturated rings. The van der Waals surface area contributed by atoms with E-state index in [9.17, 15) is 4.79 Å². The van der Waals surface area contributed by atoms with Gasteiger partial charge in [-0.1, -0.05) is 18.2 Å². The second-order valence-corrected chi connectivity index (χ2v) is 8.51. The Bertz CT molecular complexity index is 936. The molecule has 4 nitrogen and oxygen atoms in total. The van der Waals surface area contributed by atoms with Gasteiger partial charge in [-0.3, -0.25) is 9.69 Å². The summed E-state index contributed by atoms with van der Waals surface area (Å²) in [6, 6.07) is 14.7. The Balaban J connectivity index is 1.55. The summed E-state index contributed by atoms with van der Waals surface area (Å²) in [5, 5.41) is 0.718. The summed E-state index contributed by atoms with van der Waals surface area (Å²) in [5.74, 6) is -0.00301. The van der Waals surface area contributed by atoms with Crippen LogP contribution in [0.4, 0.5) is 11.4 Å². The van der Waals surface area contributed by atoms with Crippen molar-refractivity contribution in [3.63, 3.8) is 0 Å². The first-order valence-electron chi connectivity index (χ1n) is 9.69. The van der Waals surface area contributed by atoms with E-state index < -0.39 is 0 Å². The molecule has 0 aromatic heterocycles. The molecule has 2 aliphatic heterocycles. The molecule has 0 bridgehead atoms. The maximum absolute atomic E-state index is 12.7. The van der Waals surface area contributed by atoms with Crippen LogP contribution in [0, 0.1) is 13.8 Å². The number of anilines is 1. The summed E-state index contributed by atoms with van der Waals surface area (Å²) in [7, 11) is 1.79. The fourth-order valence-electron chi connectivity index (χ4n) is 3.69. The van der Waals surface area contributed by atoms with Crippen molar-refractivity contribution in [3.05, 3.63) is 64.1 Å². The number of hydrogen-bond acceptors (Lipinski definition) is 4. The van der Waals surface area contributed by atoms with Crippen LogP contribution in [-0.4, -0.2) is 36.1 Å². The van der Waals surface area contributed by atoms with Gasteiger partial charge in [0.2, 0.25) is 0 Å². The molecule has 28 heavy (non-hydrogen) atoms. The topological polar surface area (TPSA) is 35.9 Å². The number of amidine groups is 1. The molecule has 0 spiro atoms. The highest BCUT2D eigenvalue weighted by Gasteiger charge is 2.30. The summed E-state index contributed by atoms with van der Waals surface area (Å²) >= 11 is 1.43. The minimum Gasteiger partial charge on any atom is -0.372 e. The zero-order valence-corrected chi connectivity index (χ0v) is 17.4. The molecule has 0 atom stereocenters. The van der Waals surface area contributed by atoms with Crippen LogP contribution in [0.5, 0.6) is 0 Å². The Hall–Kier alpha value is -2.53. The highest BCUT2D eigenvalue weighted by molar-refractivity contribution is 8.18. The zero-order valence-electron chi connectivity index (χ0n) is 16.6. The molecule has 5 heteroatoms. The van der Waals surface area contributed by atoms with Gasteiger partial charge >= 0.3 is 0 Å². The van der Waals surface area contributed by atoms with Gasteiger partial charge in [-0.25, -0.2) is 4.99 Å². The number of rotatable bonds is 3. The van der Waals surface area contributed by atoms with Crippen LogP contribution in [0.15, 0.2) is 52.4 Å². The summed E-state index contributed by atoms with van der Waals surface area (Å²) in [4.78, 5) is 22.1. The number of thioether (sulfide) groups is 1. The van der Waals surface area contributed by atoms with Crippen molar-refractivity contribution in [1.29, 1.82) is 0 Å². The number of aliphatic imine (C=N–C) groups is 1. The van der Waals surface area contributed by atoms with E-state index >= 15 is 0 Å². The third-order valence-corrected chi connectivity index (χ3v) is 6.16. The Morgan fingerprint density at radius 1 is 1.00 bits per heavy atom. The Morgan fingerprint density at radius 3 is 2.29 bits per heavy atom. The number of carbonyl (C=O) groups excluding carboxylic acids is 1. The van der Waals surface area contributed by atoms with Crippen molar-refractivity contribution in [2.45, 2.75) is 26.7 Å². The highest BCUT2D eigenvalue weighted by Crippen LogP contribution is 2.33. The van der Waals surface area contributed by atoms with Crippen LogP contribution in [0.25, 0.3) is 6.08 Å². The number of carbonyl (C=O) groups is 1. The molecule has 2 aliphatic rings. The fourth-order valence-corrected chi connectivity index (χ4v) is 4.67. The maximum Gasteiger partial charge on any atom is 0.266 e. The van der Waals surface area contributed by atoms with E-state index in [0.717, 1.165) is 29.5 Å². The van der Waals surface area contributed by atoms with Crippen LogP contribution in [0.1, 0.15) is 29.5 Å². The Labute approximate surface area is 171 Å². The molecule has 0 unspecified atom stereocenters. The lowest BCUT2D eigenvalue weighted by Gasteiger charge is -2.17. The second-order valence-electron chi connectivity index (χ2n) is 7.50. The van der Waals surface area contributed by atoms with E-state index in [2.05, 4.69) is 49.1 Å². The highest BCUT2D eigenvalue weighted by atomic mass is 32.2. The zero-order chi connectivity index (χ0) is 19.7. The number of hydrogen-bond donors (Lipinski definition) is 0. The van der Waals surface area contributed by atoms with E-state index in [1.54, 1.807) is 11.9 Å². The lowest BCUT2D eigenvalue weighted by Crippen LogP contribution is -2.23. The van der Waals surface area contributed by atoms with Gasteiger partial charge in [-0.2, -0.15) is 0 Å². The van der Waals surface area contributed by atoms with Gasteiger partial charge in [0.05, 0.1) is 10.6 Å². The molecular weight excluding hydrogens is 366 g/mol. The largest absolute Gasteiger partial charge is 0.372 e. The van der Waals surface area contributed by atoms with Crippen LogP contribution in [0.2, 0.25) is 0 Å². The number of amides is 1. The summed E-state index contributed by atoms with van der Waals surface area (Å²) < 4.78 is 0. The molecule has 2 saturated heterocycles. The van der Waals surface area contributed by atoms with Crippen LogP contribution < -0.4 is 4.90 Å². The number of nitrogens with zero attached hydrogens (tertiary/aromatic N) is 3. The van der Waals surface area contributed by atoms with Crippen LogP contribution >= 0.6 is 11.8 Å². The molecule has 0 radical (unpaired) electrons. The SMILES string of the molecule is Cc1cc(C)cc(N=C2S/C(=C\c3ccc(N4CCCC4)cc3)C(=O)N2C)c1. The van der Waals surface area contributed by atoms with E-state index in [-0.39, 0.29) is 5.91 Å². The van der Waals surface area contributed by atoms with Gasteiger partial charge in [0.15, 0.2) is 5.17 Å². The molecule has 0 N–H and O–H groups in total. The third kappa shape index (κ3) is 3.99. The van der Waals surface area contributed by atoms with Crippen molar-refractivity contribution in [3.8, 4) is 0 Å². The molecule has 2 aromatic carbocycles. The number of likely N-dealkylation sites (N-methyl/N-ethyl adjacent to an activating group) is 1. The van der Waals surface area contributed by atoms with Crippen molar-refractivity contribution >= 4 is 40.3 Å². The van der Waals surface area contributed by atoms with Gasteiger partial charge in [0.25, 0.3) is 5.91 Å². The summed E-state index contributed by atoms with van der Waals surface area (Å²) in [6.45, 7) is 6.39. The monoisotopic (exact) mass is 391 g/mol. The molecule has 2 heterocycles. The minimum absolute atomic E-state index is 0.00301. The smallest absolute Gasteiger partial charge is 0.266 e. The average molecular weight is 392 g/mol. The predicted octanol–water partition coefficient (Wildman–Crippen LogP) is 5.14. The van der Waals surface area contributed by atoms with E-state index in [1.165, 1.54) is 41.4 Å². The van der Waals surface area contributed by atoms with Crippen molar-refractivity contribution in [2.75, 3.05) is 25.0 Å². The lowest BCUT2D eigenvalue weighted by molar-refractivity contribution is -0.121. The quantitative estimate of drug-likeness (QED) is 0.680. The predicted molar refractivity (Wildman–Crippen MR) is 119 cm³/mol. The van der Waals surface area contributed by atoms with Crippen molar-refractivity contribution < 1.29 is 4.79 Å². The molecule has 2 aromatic rings. The summed E-state index contributed by atoms with van der Waals surface area (Å²) in [5.41, 5.74) is 5.53.